The molecule has 196 valence electrons. The highest BCUT2D eigenvalue weighted by Crippen LogP contribution is 2.30. The number of benzene rings is 2. The Hall–Kier alpha value is -3.37. The van der Waals surface area contributed by atoms with Crippen LogP contribution in [0.15, 0.2) is 66.0 Å². The molecule has 1 N–H and O–H groups in total. The Kier molecular flexibility index (Phi) is 7.21. The first kappa shape index (κ1) is 25.3. The maximum atomic E-state index is 13.3. The van der Waals surface area contributed by atoms with Crippen molar-refractivity contribution < 1.29 is 14.6 Å². The monoisotopic (exact) mass is 542 g/mol. The molecule has 37 heavy (non-hydrogen) atoms. The van der Waals surface area contributed by atoms with E-state index < -0.39 is 10.0 Å². The lowest BCUT2D eigenvalue weighted by Crippen LogP contribution is -2.56. The van der Waals surface area contributed by atoms with Crippen LogP contribution < -0.4 is 14.5 Å². The van der Waals surface area contributed by atoms with Gasteiger partial charge < -0.3 is 14.7 Å². The van der Waals surface area contributed by atoms with Gasteiger partial charge in [-0.1, -0.05) is 11.6 Å². The summed E-state index contributed by atoms with van der Waals surface area (Å²) in [4.78, 5) is 27.4. The molecule has 5 rings (SSSR count). The lowest BCUT2D eigenvalue weighted by atomic mass is 10.0. The number of carbonyl (C=O) groups excluding carboxylic acids is 1. The van der Waals surface area contributed by atoms with Crippen LogP contribution in [0.25, 0.3) is 0 Å². The summed E-state index contributed by atoms with van der Waals surface area (Å²) in [6, 6.07) is 14.2. The van der Waals surface area contributed by atoms with Crippen molar-refractivity contribution in [2.75, 3.05) is 47.2 Å². The second-order valence-electron chi connectivity index (χ2n) is 9.37. The summed E-state index contributed by atoms with van der Waals surface area (Å²) < 4.78 is 27.8. The zero-order chi connectivity index (χ0) is 26.0. The molecule has 9 nitrogen and oxygen atoms in total. The van der Waals surface area contributed by atoms with Gasteiger partial charge in [0.05, 0.1) is 11.4 Å². The van der Waals surface area contributed by atoms with E-state index in [0.29, 0.717) is 26.2 Å². The third-order valence-electron chi connectivity index (χ3n) is 6.86. The second-order valence-corrected chi connectivity index (χ2v) is 11.5. The van der Waals surface area contributed by atoms with Gasteiger partial charge in [-0.15, -0.1) is 0 Å². The summed E-state index contributed by atoms with van der Waals surface area (Å²) in [6.07, 6.45) is 4.74. The minimum Gasteiger partial charge on any atom is -0.368 e. The number of carbonyl (C=O) groups is 1. The Balaban J connectivity index is 0.00000336. The van der Waals surface area contributed by atoms with Gasteiger partial charge in [0, 0.05) is 56.2 Å². The number of aryl methyl sites for hydroxylation is 1. The number of nitrogens with zero attached hydrogens (tertiary/aromatic N) is 5. The molecule has 1 saturated heterocycles. The minimum absolute atomic E-state index is 0. The molecule has 0 aliphatic carbocycles. The zero-order valence-electron chi connectivity index (χ0n) is 20.5. The molecule has 2 aromatic carbocycles. The highest BCUT2D eigenvalue weighted by molar-refractivity contribution is 7.92. The molecule has 0 radical (unpaired) electrons. The van der Waals surface area contributed by atoms with Crippen molar-refractivity contribution in [3.63, 3.8) is 0 Å². The SMILES string of the molecule is C[C@@H]1CN(c2ccc(S(=O)(=O)Nc3ccncn3)cc2)CCN1C(=O)CN1CCCc2cc(Cl)ccc21.[HH]. The van der Waals surface area contributed by atoms with Crippen LogP contribution in [-0.4, -0.2) is 68.0 Å². The summed E-state index contributed by atoms with van der Waals surface area (Å²) in [7, 11) is -3.75. The fraction of sp³-hybridized carbons (Fsp3) is 0.346. The van der Waals surface area contributed by atoms with Gasteiger partial charge in [0.2, 0.25) is 5.91 Å². The highest BCUT2D eigenvalue weighted by atomic mass is 35.5. The van der Waals surface area contributed by atoms with Crippen molar-refractivity contribution in [2.24, 2.45) is 0 Å². The minimum atomic E-state index is -3.75. The maximum Gasteiger partial charge on any atom is 0.263 e. The topological polar surface area (TPSA) is 98.7 Å². The van der Waals surface area contributed by atoms with E-state index in [1.807, 2.05) is 23.1 Å². The van der Waals surface area contributed by atoms with Crippen LogP contribution in [-0.2, 0) is 21.2 Å². The van der Waals surface area contributed by atoms with E-state index >= 15 is 0 Å². The van der Waals surface area contributed by atoms with Crippen molar-refractivity contribution >= 4 is 44.7 Å². The molecule has 2 aliphatic rings. The molecule has 1 aromatic heterocycles. The lowest BCUT2D eigenvalue weighted by Gasteiger charge is -2.42. The van der Waals surface area contributed by atoms with Crippen molar-refractivity contribution in [2.45, 2.75) is 30.7 Å². The molecule has 0 unspecified atom stereocenters. The normalized spacial score (nSPS) is 17.9. The maximum absolute atomic E-state index is 13.3. The van der Waals surface area contributed by atoms with Crippen LogP contribution in [0.3, 0.4) is 0 Å². The lowest BCUT2D eigenvalue weighted by molar-refractivity contribution is -0.132. The van der Waals surface area contributed by atoms with Crippen LogP contribution in [0.2, 0.25) is 5.02 Å². The van der Waals surface area contributed by atoms with Crippen LogP contribution in [0.4, 0.5) is 17.2 Å². The first-order valence-corrected chi connectivity index (χ1v) is 14.1. The zero-order valence-corrected chi connectivity index (χ0v) is 22.1. The van der Waals surface area contributed by atoms with Gasteiger partial charge in [-0.2, -0.15) is 0 Å². The summed E-state index contributed by atoms with van der Waals surface area (Å²) in [5.74, 6) is 0.331. The predicted octanol–water partition coefficient (Wildman–Crippen LogP) is 3.67. The molecule has 1 atom stereocenters. The van der Waals surface area contributed by atoms with Crippen molar-refractivity contribution in [3.8, 4) is 0 Å². The Morgan fingerprint density at radius 2 is 1.95 bits per heavy atom. The summed E-state index contributed by atoms with van der Waals surface area (Å²) in [6.45, 7) is 5.22. The Morgan fingerprint density at radius 1 is 1.14 bits per heavy atom. The number of hydrogen-bond acceptors (Lipinski definition) is 7. The quantitative estimate of drug-likeness (QED) is 0.507. The van der Waals surface area contributed by atoms with E-state index in [1.165, 1.54) is 24.2 Å². The van der Waals surface area contributed by atoms with E-state index in [2.05, 4.69) is 31.4 Å². The Labute approximate surface area is 223 Å². The third-order valence-corrected chi connectivity index (χ3v) is 8.47. The molecule has 11 heteroatoms. The number of halogens is 1. The van der Waals surface area contributed by atoms with Crippen LogP contribution in [0.1, 0.15) is 20.3 Å². The summed E-state index contributed by atoms with van der Waals surface area (Å²) in [5, 5.41) is 0.726. The number of nitrogens with one attached hydrogen (secondary N) is 1. The number of aromatic nitrogens is 2. The second kappa shape index (κ2) is 10.5. The molecule has 0 saturated carbocycles. The third kappa shape index (κ3) is 5.65. The van der Waals surface area contributed by atoms with Crippen molar-refractivity contribution in [1.82, 2.24) is 14.9 Å². The molecule has 0 spiro atoms. The number of piperazine rings is 1. The number of amides is 1. The van der Waals surface area contributed by atoms with Gasteiger partial charge in [-0.05, 0) is 73.9 Å². The van der Waals surface area contributed by atoms with Gasteiger partial charge in [-0.3, -0.25) is 9.52 Å². The van der Waals surface area contributed by atoms with Gasteiger partial charge in [0.1, 0.15) is 12.1 Å². The first-order valence-electron chi connectivity index (χ1n) is 12.3. The Bertz CT molecular complexity index is 1380. The van der Waals surface area contributed by atoms with Crippen molar-refractivity contribution in [3.05, 3.63) is 71.6 Å². The van der Waals surface area contributed by atoms with E-state index in [1.54, 1.807) is 24.3 Å². The van der Waals surface area contributed by atoms with Gasteiger partial charge in [-0.25, -0.2) is 18.4 Å². The molecular weight excluding hydrogens is 512 g/mol. The largest absolute Gasteiger partial charge is 0.368 e. The molecule has 0 bridgehead atoms. The molecule has 1 fully saturated rings. The molecule has 2 aliphatic heterocycles. The predicted molar refractivity (Wildman–Crippen MR) is 147 cm³/mol. The van der Waals surface area contributed by atoms with Crippen LogP contribution in [0, 0.1) is 0 Å². The Morgan fingerprint density at radius 3 is 2.68 bits per heavy atom. The van der Waals surface area contributed by atoms with Gasteiger partial charge in [0.15, 0.2) is 0 Å². The number of hydrogen-bond donors (Lipinski definition) is 1. The number of rotatable bonds is 6. The fourth-order valence-electron chi connectivity index (χ4n) is 5.01. The summed E-state index contributed by atoms with van der Waals surface area (Å²) >= 11 is 6.16. The first-order chi connectivity index (χ1) is 17.8. The van der Waals surface area contributed by atoms with E-state index in [0.717, 1.165) is 35.8 Å². The molecular formula is C26H31ClN6O3S. The van der Waals surface area contributed by atoms with Crippen LogP contribution in [0.5, 0.6) is 0 Å². The molecule has 3 aromatic rings. The fourth-order valence-corrected chi connectivity index (χ4v) is 6.21. The van der Waals surface area contributed by atoms with Gasteiger partial charge in [0.25, 0.3) is 10.0 Å². The average molecular weight is 543 g/mol. The standard InChI is InChI=1S/C26H29ClN6O3S.H2/c1-19-16-31(22-5-7-23(8-6-22)37(35,36)30-25-10-11-28-18-29-25)13-14-33(19)26(34)17-32-12-2-3-20-15-21(27)4-9-24(20)32;/h4-11,15,18-19H,2-3,12-14,16-17H2,1H3,(H,28,29,30);1H/t19-;/m1./s1. The number of fused-ring (bicyclic) bond motifs is 1. The number of anilines is 3. The van der Waals surface area contributed by atoms with E-state index in [9.17, 15) is 13.2 Å². The number of sulfonamides is 1. The van der Waals surface area contributed by atoms with E-state index in [-0.39, 0.29) is 24.1 Å². The smallest absolute Gasteiger partial charge is 0.263 e. The average Bonchev–Trinajstić information content (AvgIpc) is 2.89. The van der Waals surface area contributed by atoms with Crippen molar-refractivity contribution in [1.29, 1.82) is 0 Å². The van der Waals surface area contributed by atoms with E-state index in [4.69, 9.17) is 11.6 Å². The summed E-state index contributed by atoms with van der Waals surface area (Å²) in [5.41, 5.74) is 3.21. The molecule has 3 heterocycles. The highest BCUT2D eigenvalue weighted by Gasteiger charge is 2.30. The van der Waals surface area contributed by atoms with Gasteiger partial charge >= 0.3 is 0 Å². The molecule has 1 amide bonds. The van der Waals surface area contributed by atoms with Crippen LogP contribution >= 0.6 is 11.6 Å².